The predicted molar refractivity (Wildman–Crippen MR) is 150 cm³/mol. The molecule has 1 saturated heterocycles. The Kier molecular flexibility index (Phi) is 6.72. The molecule has 0 unspecified atom stereocenters. The van der Waals surface area contributed by atoms with Gasteiger partial charge in [0.2, 0.25) is 0 Å². The summed E-state index contributed by atoms with van der Waals surface area (Å²) >= 11 is 0. The van der Waals surface area contributed by atoms with Gasteiger partial charge in [-0.25, -0.2) is 4.98 Å². The maximum absolute atomic E-state index is 12.5. The van der Waals surface area contributed by atoms with Crippen LogP contribution in [0.5, 0.6) is 0 Å². The van der Waals surface area contributed by atoms with E-state index in [1.165, 1.54) is 5.69 Å². The highest BCUT2D eigenvalue weighted by Crippen LogP contribution is 2.26. The monoisotopic (exact) mass is 500 g/mol. The summed E-state index contributed by atoms with van der Waals surface area (Å²) in [7, 11) is 0. The quantitative estimate of drug-likeness (QED) is 0.319. The zero-order valence-corrected chi connectivity index (χ0v) is 21.1. The maximum atomic E-state index is 12.5. The highest BCUT2D eigenvalue weighted by molar-refractivity contribution is 5.84. The minimum absolute atomic E-state index is 0.181. The second-order valence-corrected chi connectivity index (χ2v) is 9.56. The summed E-state index contributed by atoms with van der Waals surface area (Å²) in [4.78, 5) is 35.0. The number of fused-ring (bicyclic) bond motifs is 1. The summed E-state index contributed by atoms with van der Waals surface area (Å²) in [6.07, 6.45) is 9.84. The summed E-state index contributed by atoms with van der Waals surface area (Å²) < 4.78 is 0. The van der Waals surface area contributed by atoms with Crippen molar-refractivity contribution in [2.75, 3.05) is 36.0 Å². The van der Waals surface area contributed by atoms with Crippen LogP contribution in [-0.4, -0.2) is 51.9 Å². The van der Waals surface area contributed by atoms with Crippen LogP contribution in [-0.2, 0) is 17.6 Å². The van der Waals surface area contributed by atoms with Crippen LogP contribution >= 0.6 is 0 Å². The molecule has 2 aromatic carbocycles. The lowest BCUT2D eigenvalue weighted by molar-refractivity contribution is -0.117. The first-order valence-corrected chi connectivity index (χ1v) is 12.9. The molecule has 0 aliphatic carbocycles. The highest BCUT2D eigenvalue weighted by Gasteiger charge is 2.19. The molecule has 1 aliphatic heterocycles. The standard InChI is InChI=1S/C31H28N6O/c38-28(19-24-2-1-11-33-21-24)18-23-3-5-25(6-4-23)26-7-8-29-30(20-26)35-31(22-34-29)37-16-14-36(15-17-37)27-9-12-32-13-10-27/h1-13,20-22H,14-19H2. The third kappa shape index (κ3) is 5.37. The SMILES string of the molecule is O=C(Cc1ccc(-c2ccc3ncc(N4CCN(c5ccncc5)CC4)nc3c2)cc1)Cc1cccnc1. The number of hydrogen-bond donors (Lipinski definition) is 0. The fourth-order valence-corrected chi connectivity index (χ4v) is 4.92. The maximum Gasteiger partial charge on any atom is 0.147 e. The number of benzene rings is 2. The molecule has 0 atom stereocenters. The van der Waals surface area contributed by atoms with Crippen molar-refractivity contribution >= 4 is 28.3 Å². The Hall–Kier alpha value is -4.65. The summed E-state index contributed by atoms with van der Waals surface area (Å²) in [6.45, 7) is 3.65. The first-order valence-electron chi connectivity index (χ1n) is 12.9. The fourth-order valence-electron chi connectivity index (χ4n) is 4.92. The number of piperazine rings is 1. The van der Waals surface area contributed by atoms with Gasteiger partial charge in [0.25, 0.3) is 0 Å². The minimum atomic E-state index is 0.181. The Bertz CT molecular complexity index is 1530. The van der Waals surface area contributed by atoms with Crippen LogP contribution in [0.1, 0.15) is 11.1 Å². The van der Waals surface area contributed by atoms with Gasteiger partial charge in [-0.05, 0) is 52.6 Å². The first-order chi connectivity index (χ1) is 18.7. The molecule has 6 rings (SSSR count). The number of rotatable bonds is 7. The largest absolute Gasteiger partial charge is 0.368 e. The normalized spacial score (nSPS) is 13.6. The van der Waals surface area contributed by atoms with E-state index in [0.717, 1.165) is 65.3 Å². The summed E-state index contributed by atoms with van der Waals surface area (Å²) in [6, 6.07) is 22.3. The van der Waals surface area contributed by atoms with Gasteiger partial charge >= 0.3 is 0 Å². The smallest absolute Gasteiger partial charge is 0.147 e. The second-order valence-electron chi connectivity index (χ2n) is 9.56. The van der Waals surface area contributed by atoms with E-state index in [4.69, 9.17) is 4.98 Å². The number of ketones is 1. The Morgan fingerprint density at radius 2 is 1.42 bits per heavy atom. The topological polar surface area (TPSA) is 75.1 Å². The average Bonchev–Trinajstić information content (AvgIpc) is 2.98. The van der Waals surface area contributed by atoms with Gasteiger partial charge in [-0.3, -0.25) is 19.7 Å². The molecule has 0 radical (unpaired) electrons. The van der Waals surface area contributed by atoms with Crippen molar-refractivity contribution in [1.29, 1.82) is 0 Å². The van der Waals surface area contributed by atoms with E-state index in [-0.39, 0.29) is 5.78 Å². The molecule has 0 saturated carbocycles. The van der Waals surface area contributed by atoms with Gasteiger partial charge in [0, 0.05) is 69.5 Å². The summed E-state index contributed by atoms with van der Waals surface area (Å²) in [5.41, 5.74) is 7.10. The van der Waals surface area contributed by atoms with E-state index in [9.17, 15) is 4.79 Å². The summed E-state index contributed by atoms with van der Waals surface area (Å²) in [5, 5.41) is 0. The molecule has 3 aromatic heterocycles. The lowest BCUT2D eigenvalue weighted by atomic mass is 10.00. The van der Waals surface area contributed by atoms with E-state index in [1.807, 2.05) is 48.9 Å². The number of aromatic nitrogens is 4. The van der Waals surface area contributed by atoms with Crippen molar-refractivity contribution in [2.45, 2.75) is 12.8 Å². The van der Waals surface area contributed by atoms with Crippen LogP contribution in [0, 0.1) is 0 Å². The molecule has 38 heavy (non-hydrogen) atoms. The highest BCUT2D eigenvalue weighted by atomic mass is 16.1. The third-order valence-corrected chi connectivity index (χ3v) is 6.97. The van der Waals surface area contributed by atoms with Gasteiger partial charge in [0.15, 0.2) is 0 Å². The van der Waals surface area contributed by atoms with Gasteiger partial charge in [-0.15, -0.1) is 0 Å². The molecular formula is C31H28N6O. The number of pyridine rings is 2. The molecule has 0 spiro atoms. The van der Waals surface area contributed by atoms with Gasteiger partial charge in [0.05, 0.1) is 17.2 Å². The van der Waals surface area contributed by atoms with Crippen molar-refractivity contribution in [1.82, 2.24) is 19.9 Å². The van der Waals surface area contributed by atoms with E-state index >= 15 is 0 Å². The number of carbonyl (C=O) groups excluding carboxylic acids is 1. The molecule has 7 nitrogen and oxygen atoms in total. The fraction of sp³-hybridized carbons (Fsp3) is 0.194. The lowest BCUT2D eigenvalue weighted by Gasteiger charge is -2.36. The lowest BCUT2D eigenvalue weighted by Crippen LogP contribution is -2.46. The van der Waals surface area contributed by atoms with Crippen LogP contribution < -0.4 is 9.80 Å². The first kappa shape index (κ1) is 23.7. The van der Waals surface area contributed by atoms with Crippen molar-refractivity contribution in [3.05, 3.63) is 109 Å². The van der Waals surface area contributed by atoms with Crippen LogP contribution in [0.15, 0.2) is 97.7 Å². The zero-order valence-electron chi connectivity index (χ0n) is 21.1. The van der Waals surface area contributed by atoms with Gasteiger partial charge in [-0.1, -0.05) is 36.4 Å². The average molecular weight is 501 g/mol. The molecular weight excluding hydrogens is 472 g/mol. The molecule has 0 N–H and O–H groups in total. The van der Waals surface area contributed by atoms with Crippen molar-refractivity contribution in [3.63, 3.8) is 0 Å². The number of hydrogen-bond acceptors (Lipinski definition) is 7. The molecule has 1 aliphatic rings. The molecule has 0 amide bonds. The van der Waals surface area contributed by atoms with Crippen LogP contribution in [0.4, 0.5) is 11.5 Å². The number of anilines is 2. The van der Waals surface area contributed by atoms with E-state index in [0.29, 0.717) is 12.8 Å². The van der Waals surface area contributed by atoms with Gasteiger partial charge in [0.1, 0.15) is 11.6 Å². The number of Topliss-reactive ketones (excluding diaryl/α,β-unsaturated/α-hetero) is 1. The van der Waals surface area contributed by atoms with Gasteiger partial charge in [-0.2, -0.15) is 0 Å². The van der Waals surface area contributed by atoms with Gasteiger partial charge < -0.3 is 9.80 Å². The van der Waals surface area contributed by atoms with Crippen molar-refractivity contribution in [3.8, 4) is 11.1 Å². The molecule has 1 fully saturated rings. The Morgan fingerprint density at radius 1 is 0.684 bits per heavy atom. The zero-order chi connectivity index (χ0) is 25.7. The second kappa shape index (κ2) is 10.8. The molecule has 0 bridgehead atoms. The van der Waals surface area contributed by atoms with E-state index in [2.05, 4.69) is 61.1 Å². The van der Waals surface area contributed by atoms with Crippen molar-refractivity contribution < 1.29 is 4.79 Å². The molecule has 5 aromatic rings. The number of carbonyl (C=O) groups is 1. The molecule has 7 heteroatoms. The Labute approximate surface area is 221 Å². The third-order valence-electron chi connectivity index (χ3n) is 6.97. The minimum Gasteiger partial charge on any atom is -0.368 e. The Morgan fingerprint density at radius 3 is 2.18 bits per heavy atom. The molecule has 4 heterocycles. The van der Waals surface area contributed by atoms with Crippen molar-refractivity contribution in [2.24, 2.45) is 0 Å². The summed E-state index contributed by atoms with van der Waals surface area (Å²) in [5.74, 6) is 1.09. The number of nitrogens with zero attached hydrogens (tertiary/aromatic N) is 6. The van der Waals surface area contributed by atoms with Crippen LogP contribution in [0.3, 0.4) is 0 Å². The Balaban J connectivity index is 1.13. The van der Waals surface area contributed by atoms with Crippen LogP contribution in [0.2, 0.25) is 0 Å². The predicted octanol–water partition coefficient (Wildman–Crippen LogP) is 4.77. The van der Waals surface area contributed by atoms with E-state index < -0.39 is 0 Å². The van der Waals surface area contributed by atoms with E-state index in [1.54, 1.807) is 12.4 Å². The molecule has 188 valence electrons. The van der Waals surface area contributed by atoms with Crippen LogP contribution in [0.25, 0.3) is 22.2 Å².